The molecule has 3 aromatic rings. The van der Waals surface area contributed by atoms with E-state index in [4.69, 9.17) is 9.15 Å². The van der Waals surface area contributed by atoms with Crippen molar-refractivity contribution in [3.8, 4) is 5.75 Å². The second kappa shape index (κ2) is 8.01. The average molecular weight is 513 g/mol. The lowest BCUT2D eigenvalue weighted by atomic mass is 10.2. The molecule has 0 saturated heterocycles. The summed E-state index contributed by atoms with van der Waals surface area (Å²) in [5, 5.41) is 4.87. The molecule has 128 valence electrons. The van der Waals surface area contributed by atoms with Crippen molar-refractivity contribution in [2.24, 2.45) is 5.10 Å². The van der Waals surface area contributed by atoms with E-state index in [2.05, 4.69) is 49.0 Å². The molecule has 0 fully saturated rings. The summed E-state index contributed by atoms with van der Waals surface area (Å²) >= 11 is 5.68. The lowest BCUT2D eigenvalue weighted by Gasteiger charge is -2.09. The molecule has 1 N–H and O–H groups in total. The van der Waals surface area contributed by atoms with Gasteiger partial charge in [-0.05, 0) is 75.3 Å². The van der Waals surface area contributed by atoms with Gasteiger partial charge < -0.3 is 9.15 Å². The summed E-state index contributed by atoms with van der Waals surface area (Å²) in [5.41, 5.74) is 3.98. The van der Waals surface area contributed by atoms with E-state index in [1.165, 1.54) is 0 Å². The van der Waals surface area contributed by atoms with E-state index in [1.54, 1.807) is 12.3 Å². The number of amides is 1. The van der Waals surface area contributed by atoms with Gasteiger partial charge in [-0.25, -0.2) is 5.43 Å². The second-order valence-electron chi connectivity index (χ2n) is 5.09. The van der Waals surface area contributed by atoms with Crippen LogP contribution in [0, 0.1) is 3.57 Å². The third kappa shape index (κ3) is 4.21. The molecule has 25 heavy (non-hydrogen) atoms. The summed E-state index contributed by atoms with van der Waals surface area (Å²) in [6.07, 6.45) is 1.57. The normalized spacial score (nSPS) is 11.2. The van der Waals surface area contributed by atoms with Crippen LogP contribution in [0.1, 0.15) is 23.0 Å². The van der Waals surface area contributed by atoms with Gasteiger partial charge in [0.1, 0.15) is 11.3 Å². The fourth-order valence-electron chi connectivity index (χ4n) is 2.25. The lowest BCUT2D eigenvalue weighted by Crippen LogP contribution is -2.16. The number of carbonyl (C=O) groups excluding carboxylic acids is 1. The van der Waals surface area contributed by atoms with Crippen LogP contribution in [0.5, 0.6) is 5.75 Å². The number of hydrogen-bond acceptors (Lipinski definition) is 4. The second-order valence-corrected chi connectivity index (χ2v) is 7.11. The first kappa shape index (κ1) is 17.9. The van der Waals surface area contributed by atoms with E-state index in [9.17, 15) is 4.79 Å². The molecule has 1 amide bonds. The zero-order valence-corrected chi connectivity index (χ0v) is 17.0. The minimum absolute atomic E-state index is 0.223. The molecule has 0 radical (unpaired) electrons. The number of halogens is 2. The highest BCUT2D eigenvalue weighted by molar-refractivity contribution is 14.1. The maximum atomic E-state index is 12.1. The van der Waals surface area contributed by atoms with Gasteiger partial charge >= 0.3 is 5.91 Å². The number of furan rings is 1. The van der Waals surface area contributed by atoms with Crippen LogP contribution < -0.4 is 10.2 Å². The Morgan fingerprint density at radius 3 is 2.88 bits per heavy atom. The third-order valence-electron chi connectivity index (χ3n) is 3.34. The van der Waals surface area contributed by atoms with Crippen molar-refractivity contribution < 1.29 is 13.9 Å². The Kier molecular flexibility index (Phi) is 5.74. The zero-order valence-electron chi connectivity index (χ0n) is 13.3. The highest BCUT2D eigenvalue weighted by atomic mass is 127. The molecule has 0 unspecified atom stereocenters. The van der Waals surface area contributed by atoms with E-state index in [0.717, 1.165) is 24.7 Å². The Morgan fingerprint density at radius 2 is 2.16 bits per heavy atom. The van der Waals surface area contributed by atoms with Crippen molar-refractivity contribution >= 4 is 61.6 Å². The van der Waals surface area contributed by atoms with Crippen LogP contribution in [0.4, 0.5) is 0 Å². The number of hydrazone groups is 1. The van der Waals surface area contributed by atoms with Crippen LogP contribution >= 0.6 is 38.5 Å². The SMILES string of the molecule is CCOc1c(Br)cc(/C=N/NC(=O)c2cc3ccccc3o2)cc1I. The number of benzene rings is 2. The largest absolute Gasteiger partial charge is 0.492 e. The van der Waals surface area contributed by atoms with Gasteiger partial charge in [-0.1, -0.05) is 18.2 Å². The molecule has 1 aromatic heterocycles. The van der Waals surface area contributed by atoms with Crippen LogP contribution in [0.15, 0.2) is 56.5 Å². The molecule has 0 aliphatic heterocycles. The standard InChI is InChI=1S/C18H14BrIN2O3/c1-2-24-17-13(19)7-11(8-14(17)20)10-21-22-18(23)16-9-12-5-3-4-6-15(12)25-16/h3-10H,2H2,1H3,(H,22,23)/b21-10+. The minimum Gasteiger partial charge on any atom is -0.492 e. The smallest absolute Gasteiger partial charge is 0.307 e. The summed E-state index contributed by atoms with van der Waals surface area (Å²) in [5.74, 6) is 0.625. The molecule has 0 aliphatic rings. The summed E-state index contributed by atoms with van der Waals surface area (Å²) < 4.78 is 12.9. The van der Waals surface area contributed by atoms with Crippen molar-refractivity contribution in [1.82, 2.24) is 5.43 Å². The van der Waals surface area contributed by atoms with Crippen LogP contribution in [-0.2, 0) is 0 Å². The van der Waals surface area contributed by atoms with Gasteiger partial charge in [-0.15, -0.1) is 0 Å². The van der Waals surface area contributed by atoms with Crippen LogP contribution in [-0.4, -0.2) is 18.7 Å². The number of ether oxygens (including phenoxy) is 1. The quantitative estimate of drug-likeness (QED) is 0.298. The number of fused-ring (bicyclic) bond motifs is 1. The van der Waals surface area contributed by atoms with E-state index < -0.39 is 5.91 Å². The Morgan fingerprint density at radius 1 is 1.36 bits per heavy atom. The monoisotopic (exact) mass is 512 g/mol. The summed E-state index contributed by atoms with van der Waals surface area (Å²) in [4.78, 5) is 12.1. The first-order valence-electron chi connectivity index (χ1n) is 7.52. The van der Waals surface area contributed by atoms with E-state index >= 15 is 0 Å². The van der Waals surface area contributed by atoms with Gasteiger partial charge in [-0.3, -0.25) is 4.79 Å². The van der Waals surface area contributed by atoms with Crippen LogP contribution in [0.25, 0.3) is 11.0 Å². The molecule has 1 heterocycles. The summed E-state index contributed by atoms with van der Waals surface area (Å²) in [6.45, 7) is 2.53. The van der Waals surface area contributed by atoms with Gasteiger partial charge in [0.15, 0.2) is 5.76 Å². The average Bonchev–Trinajstić information content (AvgIpc) is 3.02. The molecule has 0 bridgehead atoms. The first-order valence-corrected chi connectivity index (χ1v) is 9.39. The third-order valence-corrected chi connectivity index (χ3v) is 4.73. The van der Waals surface area contributed by atoms with Gasteiger partial charge in [0.05, 0.1) is 20.9 Å². The van der Waals surface area contributed by atoms with Crippen molar-refractivity contribution in [2.75, 3.05) is 6.61 Å². The molecule has 0 atom stereocenters. The number of rotatable bonds is 5. The molecule has 2 aromatic carbocycles. The number of nitrogens with zero attached hydrogens (tertiary/aromatic N) is 1. The molecule has 5 nitrogen and oxygen atoms in total. The lowest BCUT2D eigenvalue weighted by molar-refractivity contribution is 0.0929. The van der Waals surface area contributed by atoms with Gasteiger partial charge in [0.25, 0.3) is 0 Å². The molecule has 0 aliphatic carbocycles. The predicted molar refractivity (Wildman–Crippen MR) is 109 cm³/mol. The predicted octanol–water partition coefficient (Wildman–Crippen LogP) is 4.96. The maximum absolute atomic E-state index is 12.1. The van der Waals surface area contributed by atoms with Crippen molar-refractivity contribution in [3.05, 3.63) is 61.8 Å². The first-order chi connectivity index (χ1) is 12.1. The molecule has 0 saturated carbocycles. The molecule has 3 rings (SSSR count). The maximum Gasteiger partial charge on any atom is 0.307 e. The van der Waals surface area contributed by atoms with E-state index in [1.807, 2.05) is 43.3 Å². The molecule has 7 heteroatoms. The van der Waals surface area contributed by atoms with Crippen molar-refractivity contribution in [1.29, 1.82) is 0 Å². The van der Waals surface area contributed by atoms with Crippen LogP contribution in [0.3, 0.4) is 0 Å². The number of hydrogen-bond donors (Lipinski definition) is 1. The minimum atomic E-state index is -0.396. The fourth-order valence-corrected chi connectivity index (χ4v) is 4.02. The molecular formula is C18H14BrIN2O3. The number of carbonyl (C=O) groups is 1. The van der Waals surface area contributed by atoms with Crippen molar-refractivity contribution in [3.63, 3.8) is 0 Å². The Hall–Kier alpha value is -1.87. The highest BCUT2D eigenvalue weighted by Gasteiger charge is 2.11. The Balaban J connectivity index is 1.71. The van der Waals surface area contributed by atoms with Gasteiger partial charge in [0.2, 0.25) is 0 Å². The summed E-state index contributed by atoms with van der Waals surface area (Å²) in [7, 11) is 0. The van der Waals surface area contributed by atoms with Gasteiger partial charge in [0, 0.05) is 5.39 Å². The molecule has 0 spiro atoms. The van der Waals surface area contributed by atoms with Crippen LogP contribution in [0.2, 0.25) is 0 Å². The number of nitrogens with one attached hydrogen (secondary N) is 1. The zero-order chi connectivity index (χ0) is 17.8. The Labute approximate surface area is 166 Å². The van der Waals surface area contributed by atoms with E-state index in [0.29, 0.717) is 12.2 Å². The highest BCUT2D eigenvalue weighted by Crippen LogP contribution is 2.31. The van der Waals surface area contributed by atoms with Crippen molar-refractivity contribution in [2.45, 2.75) is 6.92 Å². The topological polar surface area (TPSA) is 63.8 Å². The Bertz CT molecular complexity index is 896. The fraction of sp³-hybridized carbons (Fsp3) is 0.111. The molecular weight excluding hydrogens is 499 g/mol. The number of para-hydroxylation sites is 1. The van der Waals surface area contributed by atoms with E-state index in [-0.39, 0.29) is 5.76 Å². The summed E-state index contributed by atoms with van der Waals surface area (Å²) in [6, 6.07) is 12.9. The van der Waals surface area contributed by atoms with Gasteiger partial charge in [-0.2, -0.15) is 5.10 Å².